The molecule has 0 fully saturated rings. The highest BCUT2D eigenvalue weighted by Gasteiger charge is 2.23. The summed E-state index contributed by atoms with van der Waals surface area (Å²) in [4.78, 5) is 28.0. The smallest absolute Gasteiger partial charge is 0.260 e. The standard InChI is InChI=1S/C13H19N3O3/c1-10(17)15-12(16(2)19-3)13(18)14-9-11-7-5-4-6-8-11/h4-8,12H,9H2,1-3H3,(H,14,18)(H,15,17). The molecular weight excluding hydrogens is 246 g/mol. The minimum Gasteiger partial charge on any atom is -0.349 e. The molecule has 104 valence electrons. The van der Waals surface area contributed by atoms with Gasteiger partial charge in [0.25, 0.3) is 5.91 Å². The van der Waals surface area contributed by atoms with Gasteiger partial charge in [0.2, 0.25) is 5.91 Å². The van der Waals surface area contributed by atoms with Crippen LogP contribution in [0.25, 0.3) is 0 Å². The van der Waals surface area contributed by atoms with Gasteiger partial charge >= 0.3 is 0 Å². The molecule has 1 rings (SSSR count). The second kappa shape index (κ2) is 7.50. The molecule has 1 aromatic carbocycles. The first-order valence-corrected chi connectivity index (χ1v) is 5.90. The van der Waals surface area contributed by atoms with E-state index in [0.717, 1.165) is 5.56 Å². The van der Waals surface area contributed by atoms with Crippen molar-refractivity contribution in [2.75, 3.05) is 14.2 Å². The molecule has 6 heteroatoms. The van der Waals surface area contributed by atoms with E-state index in [0.29, 0.717) is 6.54 Å². The zero-order valence-electron chi connectivity index (χ0n) is 11.3. The Hall–Kier alpha value is -1.92. The number of rotatable bonds is 6. The molecule has 1 aromatic rings. The lowest BCUT2D eigenvalue weighted by molar-refractivity contribution is -0.169. The second-order valence-electron chi connectivity index (χ2n) is 4.04. The van der Waals surface area contributed by atoms with Crippen molar-refractivity contribution in [3.8, 4) is 0 Å². The summed E-state index contributed by atoms with van der Waals surface area (Å²) in [5.74, 6) is -0.632. The third-order valence-electron chi connectivity index (χ3n) is 2.55. The summed E-state index contributed by atoms with van der Waals surface area (Å²) in [7, 11) is 3.00. The molecule has 0 aromatic heterocycles. The van der Waals surface area contributed by atoms with Crippen LogP contribution in [0.15, 0.2) is 30.3 Å². The molecule has 1 atom stereocenters. The minimum absolute atomic E-state index is 0.302. The SMILES string of the molecule is CON(C)C(NC(C)=O)C(=O)NCc1ccccc1. The lowest BCUT2D eigenvalue weighted by Gasteiger charge is -2.25. The van der Waals surface area contributed by atoms with Crippen LogP contribution in [0.3, 0.4) is 0 Å². The average molecular weight is 265 g/mol. The van der Waals surface area contributed by atoms with Crippen molar-refractivity contribution in [2.24, 2.45) is 0 Å². The van der Waals surface area contributed by atoms with Crippen molar-refractivity contribution in [3.63, 3.8) is 0 Å². The fourth-order valence-electron chi connectivity index (χ4n) is 1.50. The molecule has 0 heterocycles. The summed E-state index contributed by atoms with van der Waals surface area (Å²) in [5, 5.41) is 6.54. The Morgan fingerprint density at radius 2 is 1.95 bits per heavy atom. The number of nitrogens with one attached hydrogen (secondary N) is 2. The van der Waals surface area contributed by atoms with Crippen LogP contribution >= 0.6 is 0 Å². The van der Waals surface area contributed by atoms with E-state index < -0.39 is 6.17 Å². The average Bonchev–Trinajstić information content (AvgIpc) is 2.42. The van der Waals surface area contributed by atoms with E-state index in [9.17, 15) is 9.59 Å². The van der Waals surface area contributed by atoms with Crippen molar-refractivity contribution in [3.05, 3.63) is 35.9 Å². The van der Waals surface area contributed by atoms with Gasteiger partial charge in [-0.15, -0.1) is 0 Å². The lowest BCUT2D eigenvalue weighted by Crippen LogP contribution is -2.54. The molecule has 6 nitrogen and oxygen atoms in total. The number of benzene rings is 1. The number of nitrogens with zero attached hydrogens (tertiary/aromatic N) is 1. The maximum absolute atomic E-state index is 12.0. The van der Waals surface area contributed by atoms with E-state index in [2.05, 4.69) is 10.6 Å². The lowest BCUT2D eigenvalue weighted by atomic mass is 10.2. The first-order chi connectivity index (χ1) is 9.04. The number of carbonyl (C=O) groups excluding carboxylic acids is 2. The fourth-order valence-corrected chi connectivity index (χ4v) is 1.50. The van der Waals surface area contributed by atoms with Gasteiger partial charge < -0.3 is 15.5 Å². The van der Waals surface area contributed by atoms with Crippen LogP contribution in [-0.4, -0.2) is 37.2 Å². The quantitative estimate of drug-likeness (QED) is 0.572. The summed E-state index contributed by atoms with van der Waals surface area (Å²) >= 11 is 0. The maximum Gasteiger partial charge on any atom is 0.260 e. The number of hydrogen-bond acceptors (Lipinski definition) is 4. The molecule has 2 N–H and O–H groups in total. The van der Waals surface area contributed by atoms with Gasteiger partial charge in [0.15, 0.2) is 6.17 Å². The van der Waals surface area contributed by atoms with E-state index in [-0.39, 0.29) is 11.8 Å². The van der Waals surface area contributed by atoms with Crippen LogP contribution in [0.1, 0.15) is 12.5 Å². The molecule has 0 saturated heterocycles. The van der Waals surface area contributed by atoms with Crippen LogP contribution in [0.4, 0.5) is 0 Å². The Kier molecular flexibility index (Phi) is 5.98. The molecule has 0 saturated carbocycles. The van der Waals surface area contributed by atoms with Gasteiger partial charge in [-0.1, -0.05) is 30.3 Å². The second-order valence-corrected chi connectivity index (χ2v) is 4.04. The van der Waals surface area contributed by atoms with Crippen molar-refractivity contribution in [2.45, 2.75) is 19.6 Å². The van der Waals surface area contributed by atoms with Crippen molar-refractivity contribution >= 4 is 11.8 Å². The predicted molar refractivity (Wildman–Crippen MR) is 70.7 cm³/mol. The van der Waals surface area contributed by atoms with Gasteiger partial charge in [-0.25, -0.2) is 0 Å². The maximum atomic E-state index is 12.0. The van der Waals surface area contributed by atoms with Crippen LogP contribution in [0.5, 0.6) is 0 Å². The number of amides is 2. The summed E-state index contributed by atoms with van der Waals surface area (Å²) in [6.45, 7) is 1.74. The van der Waals surface area contributed by atoms with Crippen molar-refractivity contribution in [1.82, 2.24) is 15.7 Å². The monoisotopic (exact) mass is 265 g/mol. The van der Waals surface area contributed by atoms with Crippen LogP contribution in [-0.2, 0) is 21.0 Å². The topological polar surface area (TPSA) is 70.7 Å². The third-order valence-corrected chi connectivity index (χ3v) is 2.55. The molecule has 0 aliphatic carbocycles. The fraction of sp³-hybridized carbons (Fsp3) is 0.385. The third kappa shape index (κ3) is 5.07. The Morgan fingerprint density at radius 3 is 2.47 bits per heavy atom. The molecule has 1 unspecified atom stereocenters. The van der Waals surface area contributed by atoms with Crippen LogP contribution in [0, 0.1) is 0 Å². The zero-order valence-corrected chi connectivity index (χ0v) is 11.3. The van der Waals surface area contributed by atoms with Crippen molar-refractivity contribution in [1.29, 1.82) is 0 Å². The molecule has 0 aliphatic rings. The predicted octanol–water partition coefficient (Wildman–Crippen LogP) is 0.258. The van der Waals surface area contributed by atoms with E-state index in [1.54, 1.807) is 7.05 Å². The highest BCUT2D eigenvalue weighted by atomic mass is 16.7. The number of hydroxylamine groups is 2. The largest absolute Gasteiger partial charge is 0.349 e. The summed E-state index contributed by atoms with van der Waals surface area (Å²) < 4.78 is 0. The minimum atomic E-state index is -0.855. The van der Waals surface area contributed by atoms with Gasteiger partial charge in [-0.3, -0.25) is 9.59 Å². The zero-order chi connectivity index (χ0) is 14.3. The van der Waals surface area contributed by atoms with Crippen molar-refractivity contribution < 1.29 is 14.4 Å². The first-order valence-electron chi connectivity index (χ1n) is 5.90. The Labute approximate surface area is 112 Å². The Morgan fingerprint density at radius 1 is 1.32 bits per heavy atom. The first kappa shape index (κ1) is 15.1. The van der Waals surface area contributed by atoms with E-state index >= 15 is 0 Å². The number of likely N-dealkylation sites (N-methyl/N-ethyl adjacent to an activating group) is 1. The van der Waals surface area contributed by atoms with E-state index in [4.69, 9.17) is 4.84 Å². The highest BCUT2D eigenvalue weighted by molar-refractivity contribution is 5.86. The molecule has 19 heavy (non-hydrogen) atoms. The Balaban J connectivity index is 2.59. The van der Waals surface area contributed by atoms with Gasteiger partial charge in [0, 0.05) is 20.5 Å². The molecule has 0 bridgehead atoms. The van der Waals surface area contributed by atoms with Crippen LogP contribution in [0.2, 0.25) is 0 Å². The summed E-state index contributed by atoms with van der Waals surface area (Å²) in [6, 6.07) is 9.52. The van der Waals surface area contributed by atoms with E-state index in [1.807, 2.05) is 30.3 Å². The van der Waals surface area contributed by atoms with Gasteiger partial charge in [-0.05, 0) is 5.56 Å². The molecule has 0 radical (unpaired) electrons. The molecule has 0 spiro atoms. The summed E-state index contributed by atoms with van der Waals surface area (Å²) in [5.41, 5.74) is 0.984. The van der Waals surface area contributed by atoms with E-state index in [1.165, 1.54) is 19.1 Å². The molecular formula is C13H19N3O3. The van der Waals surface area contributed by atoms with Gasteiger partial charge in [0.05, 0.1) is 7.11 Å². The molecule has 2 amide bonds. The van der Waals surface area contributed by atoms with Gasteiger partial charge in [0.1, 0.15) is 0 Å². The molecule has 0 aliphatic heterocycles. The van der Waals surface area contributed by atoms with Gasteiger partial charge in [-0.2, -0.15) is 5.06 Å². The number of carbonyl (C=O) groups is 2. The normalized spacial score (nSPS) is 12.0. The highest BCUT2D eigenvalue weighted by Crippen LogP contribution is 1.99. The summed E-state index contributed by atoms with van der Waals surface area (Å²) in [6.07, 6.45) is -0.855. The van der Waals surface area contributed by atoms with Crippen LogP contribution < -0.4 is 10.6 Å². The Bertz CT molecular complexity index is 422. The number of hydrogen-bond donors (Lipinski definition) is 2.